The summed E-state index contributed by atoms with van der Waals surface area (Å²) in [6.07, 6.45) is -21.0. The predicted molar refractivity (Wildman–Crippen MR) is 174 cm³/mol. The summed E-state index contributed by atoms with van der Waals surface area (Å²) in [6.45, 7) is 0.986. The van der Waals surface area contributed by atoms with Gasteiger partial charge in [-0.1, -0.05) is 31.8 Å². The molecule has 0 amide bonds. The summed E-state index contributed by atoms with van der Waals surface area (Å²) < 4.78 is 45.0. The first-order chi connectivity index (χ1) is 25.4. The molecule has 4 saturated heterocycles. The third-order valence-electron chi connectivity index (χ3n) is 9.87. The van der Waals surface area contributed by atoms with Crippen LogP contribution in [-0.4, -0.2) is 211 Å². The molecule has 4 rings (SSSR count). The summed E-state index contributed by atoms with van der Waals surface area (Å²) in [4.78, 5) is 0. The number of hydrogen-bond donors (Lipinski definition) is 12. The van der Waals surface area contributed by atoms with E-state index in [-0.39, 0.29) is 6.61 Å². The zero-order valence-electron chi connectivity index (χ0n) is 29.4. The van der Waals surface area contributed by atoms with Gasteiger partial charge in [0.05, 0.1) is 26.4 Å². The van der Waals surface area contributed by atoms with Crippen molar-refractivity contribution >= 4 is 0 Å². The van der Waals surface area contributed by atoms with Gasteiger partial charge >= 0.3 is 0 Å². The van der Waals surface area contributed by atoms with Crippen LogP contribution in [0.2, 0.25) is 0 Å². The number of unbranched alkanes of at least 4 members (excludes halogenated alkanes) is 6. The molecule has 4 aliphatic heterocycles. The number of hydrogen-bond acceptors (Lipinski definition) is 20. The Morgan fingerprint density at radius 3 is 1.60 bits per heavy atom. The molecule has 4 fully saturated rings. The van der Waals surface area contributed by atoms with Crippen molar-refractivity contribution in [1.29, 1.82) is 0 Å². The molecule has 53 heavy (non-hydrogen) atoms. The van der Waals surface area contributed by atoms with Crippen LogP contribution in [0.25, 0.3) is 0 Å². The minimum absolute atomic E-state index is 0.213. The van der Waals surface area contributed by atoms with Crippen LogP contribution in [0.1, 0.15) is 44.9 Å². The van der Waals surface area contributed by atoms with Crippen molar-refractivity contribution < 1.29 is 99.2 Å². The Bertz CT molecular complexity index is 1060. The lowest BCUT2D eigenvalue weighted by Gasteiger charge is -2.30. The van der Waals surface area contributed by atoms with Crippen LogP contribution >= 0.6 is 0 Å². The largest absolute Gasteiger partial charge is 0.394 e. The molecule has 0 saturated carbocycles. The van der Waals surface area contributed by atoms with E-state index in [0.717, 1.165) is 38.5 Å². The molecule has 0 unspecified atom stereocenters. The maximum absolute atomic E-state index is 11.0. The van der Waals surface area contributed by atoms with Gasteiger partial charge in [-0.3, -0.25) is 0 Å². The quantitative estimate of drug-likeness (QED) is 0.0341. The fraction of sp³-hybridized carbons (Fsp3) is 0.939. The average Bonchev–Trinajstić information content (AvgIpc) is 3.81. The van der Waals surface area contributed by atoms with E-state index in [0.29, 0.717) is 6.42 Å². The van der Waals surface area contributed by atoms with Gasteiger partial charge in [0.2, 0.25) is 0 Å². The normalized spacial score (nSPS) is 42.0. The minimum Gasteiger partial charge on any atom is -0.394 e. The van der Waals surface area contributed by atoms with Crippen molar-refractivity contribution in [1.82, 2.24) is 0 Å². The highest BCUT2D eigenvalue weighted by Crippen LogP contribution is 2.33. The van der Waals surface area contributed by atoms with Crippen LogP contribution in [0.15, 0.2) is 12.7 Å². The first kappa shape index (κ1) is 44.7. The fourth-order valence-electron chi connectivity index (χ4n) is 6.68. The van der Waals surface area contributed by atoms with Gasteiger partial charge in [-0.2, -0.15) is 0 Å². The van der Waals surface area contributed by atoms with E-state index in [2.05, 4.69) is 6.58 Å². The molecule has 0 radical (unpaired) electrons. The fourth-order valence-corrected chi connectivity index (χ4v) is 6.68. The van der Waals surface area contributed by atoms with E-state index >= 15 is 0 Å². The maximum atomic E-state index is 11.0. The second kappa shape index (κ2) is 21.5. The number of aliphatic hydroxyl groups excluding tert-OH is 12. The first-order valence-corrected chi connectivity index (χ1v) is 18.1. The summed E-state index contributed by atoms with van der Waals surface area (Å²) in [7, 11) is 0. The molecule has 20 nitrogen and oxygen atoms in total. The Hall–Kier alpha value is -1.06. The summed E-state index contributed by atoms with van der Waals surface area (Å²) in [5.74, 6) is 0. The zero-order valence-corrected chi connectivity index (χ0v) is 29.4. The molecule has 310 valence electrons. The molecule has 0 aromatic rings. The highest BCUT2D eigenvalue weighted by Gasteiger charge is 2.54. The van der Waals surface area contributed by atoms with Crippen LogP contribution in [0.3, 0.4) is 0 Å². The van der Waals surface area contributed by atoms with Gasteiger partial charge < -0.3 is 99.2 Å². The minimum atomic E-state index is -1.78. The molecule has 0 aliphatic carbocycles. The smallest absolute Gasteiger partial charge is 0.187 e. The zero-order chi connectivity index (χ0) is 38.8. The van der Waals surface area contributed by atoms with Crippen LogP contribution < -0.4 is 0 Å². The van der Waals surface area contributed by atoms with Gasteiger partial charge in [-0.15, -0.1) is 6.58 Å². The Balaban J connectivity index is 1.38. The second-order valence-electron chi connectivity index (χ2n) is 13.7. The molecule has 19 atom stereocenters. The van der Waals surface area contributed by atoms with E-state index in [4.69, 9.17) is 37.9 Å². The van der Waals surface area contributed by atoms with E-state index in [1.54, 1.807) is 0 Å². The lowest BCUT2D eigenvalue weighted by atomic mass is 10.1. The molecular formula is C33H58O20. The average molecular weight is 775 g/mol. The molecule has 4 aliphatic rings. The van der Waals surface area contributed by atoms with Gasteiger partial charge in [0, 0.05) is 6.61 Å². The number of allylic oxidation sites excluding steroid dienone is 1. The van der Waals surface area contributed by atoms with Crippen molar-refractivity contribution in [2.45, 2.75) is 162 Å². The summed E-state index contributed by atoms with van der Waals surface area (Å²) in [5, 5.41) is 123. The Morgan fingerprint density at radius 2 is 1.02 bits per heavy atom. The lowest BCUT2D eigenvalue weighted by molar-refractivity contribution is -0.266. The van der Waals surface area contributed by atoms with Crippen molar-refractivity contribution in [3.63, 3.8) is 0 Å². The van der Waals surface area contributed by atoms with E-state index in [1.165, 1.54) is 0 Å². The third-order valence-corrected chi connectivity index (χ3v) is 9.87. The van der Waals surface area contributed by atoms with Crippen molar-refractivity contribution in [2.75, 3.05) is 33.0 Å². The molecule has 0 aromatic heterocycles. The lowest BCUT2D eigenvalue weighted by Crippen LogP contribution is -2.47. The molecule has 20 heteroatoms. The predicted octanol–water partition coefficient (Wildman–Crippen LogP) is -5.17. The first-order valence-electron chi connectivity index (χ1n) is 18.1. The van der Waals surface area contributed by atoms with Gasteiger partial charge in [-0.05, 0) is 19.3 Å². The standard InChI is InChI=1S/C33H58O20/c1-2-3-4-5-6-7-8-9-10-46-30-24(43)22(41)29(53-30)18(50-32-23(42)19(38)16(12-35)48-32)14-47-31-25(44)21(40)28(52-31)17(13-36)49-33-26(45)20(39)27(51-33)15(37)11-34/h2,15-45H,1,3-14H2/t15-,16-,17-,18-,19-,20-,21-,22-,23+,24-,25-,26-,27+,28+,29+,30-,31-,32-,33-/m1/s1. The van der Waals surface area contributed by atoms with E-state index < -0.39 is 143 Å². The summed E-state index contributed by atoms with van der Waals surface area (Å²) in [5.41, 5.74) is 0. The SMILES string of the molecule is C=CCCCCCCCCO[C@@H]1O[C@@H]([C@@H](CO[C@@H]2O[C@@H]([C@@H](CO)O[C@@H]3O[C@@H]([C@H](O)CO)[C@H](O)[C@H]3O)[C@H](O)[C@H]2O)O[C@H]2O[C@H](CO)[C@@H](O)[C@@H]2O)[C@H](O)[C@H]1O. The van der Waals surface area contributed by atoms with Crippen molar-refractivity contribution in [3.8, 4) is 0 Å². The Morgan fingerprint density at radius 1 is 0.528 bits per heavy atom. The van der Waals surface area contributed by atoms with Gasteiger partial charge in [0.25, 0.3) is 0 Å². The second-order valence-corrected chi connectivity index (χ2v) is 13.7. The van der Waals surface area contributed by atoms with Gasteiger partial charge in [0.1, 0.15) is 91.6 Å². The van der Waals surface area contributed by atoms with Crippen LogP contribution in [0.5, 0.6) is 0 Å². The highest BCUT2D eigenvalue weighted by molar-refractivity contribution is 4.97. The topological polar surface area (TPSA) is 317 Å². The van der Waals surface area contributed by atoms with Crippen LogP contribution in [0.4, 0.5) is 0 Å². The van der Waals surface area contributed by atoms with Gasteiger partial charge in [0.15, 0.2) is 25.2 Å². The molecular weight excluding hydrogens is 716 g/mol. The Labute approximate surface area is 306 Å². The molecule has 4 heterocycles. The summed E-state index contributed by atoms with van der Waals surface area (Å²) in [6, 6.07) is 0. The van der Waals surface area contributed by atoms with Crippen LogP contribution in [0, 0.1) is 0 Å². The number of aliphatic hydroxyl groups is 12. The van der Waals surface area contributed by atoms with Crippen LogP contribution in [-0.2, 0) is 37.9 Å². The number of ether oxygens (including phenoxy) is 8. The maximum Gasteiger partial charge on any atom is 0.187 e. The molecule has 0 bridgehead atoms. The monoisotopic (exact) mass is 774 g/mol. The van der Waals surface area contributed by atoms with Gasteiger partial charge in [-0.25, -0.2) is 0 Å². The van der Waals surface area contributed by atoms with Crippen molar-refractivity contribution in [3.05, 3.63) is 12.7 Å². The van der Waals surface area contributed by atoms with E-state index in [9.17, 15) is 61.3 Å². The summed E-state index contributed by atoms with van der Waals surface area (Å²) >= 11 is 0. The third kappa shape index (κ3) is 11.1. The number of rotatable bonds is 23. The van der Waals surface area contributed by atoms with E-state index in [1.807, 2.05) is 6.08 Å². The molecule has 0 aromatic carbocycles. The molecule has 0 spiro atoms. The van der Waals surface area contributed by atoms with Crippen molar-refractivity contribution in [2.24, 2.45) is 0 Å². The molecule has 12 N–H and O–H groups in total. The highest BCUT2D eigenvalue weighted by atomic mass is 16.8. The Kier molecular flexibility index (Phi) is 18.1.